The van der Waals surface area contributed by atoms with E-state index < -0.39 is 17.9 Å². The Kier molecular flexibility index (Phi) is 7.23. The highest BCUT2D eigenvalue weighted by atomic mass is 32.1. The predicted molar refractivity (Wildman–Crippen MR) is 112 cm³/mol. The number of hydrazine groups is 1. The van der Waals surface area contributed by atoms with Crippen molar-refractivity contribution in [1.82, 2.24) is 24.6 Å². The molecule has 0 bridgehead atoms. The molecule has 0 aromatic carbocycles. The average Bonchev–Trinajstić information content (AvgIpc) is 3.37. The quantitative estimate of drug-likeness (QED) is 0.496. The monoisotopic (exact) mass is 439 g/mol. The number of aromatic nitrogens is 1. The minimum Gasteiger partial charge on any atom is -0.395 e. The summed E-state index contributed by atoms with van der Waals surface area (Å²) in [6.45, 7) is 5.43. The van der Waals surface area contributed by atoms with Crippen LogP contribution in [-0.2, 0) is 9.53 Å². The molecule has 0 saturated carbocycles. The van der Waals surface area contributed by atoms with E-state index in [9.17, 15) is 14.4 Å². The first-order valence-electron chi connectivity index (χ1n) is 10.0. The number of piperazine rings is 1. The van der Waals surface area contributed by atoms with Crippen LogP contribution in [0, 0.1) is 0 Å². The highest BCUT2D eigenvalue weighted by molar-refractivity contribution is 7.09. The molecular weight excluding hydrogens is 410 g/mol. The van der Waals surface area contributed by atoms with Crippen molar-refractivity contribution in [2.45, 2.75) is 31.9 Å². The molecule has 2 aliphatic rings. The van der Waals surface area contributed by atoms with Crippen LogP contribution in [0.3, 0.4) is 0 Å². The van der Waals surface area contributed by atoms with Crippen LogP contribution in [0.4, 0.5) is 5.69 Å². The Morgan fingerprint density at radius 1 is 1.33 bits per heavy atom. The van der Waals surface area contributed by atoms with Gasteiger partial charge in [-0.05, 0) is 38.3 Å². The minimum absolute atomic E-state index is 0.00389. The maximum absolute atomic E-state index is 13.4. The molecule has 12 heteroatoms. The summed E-state index contributed by atoms with van der Waals surface area (Å²) in [6, 6.07) is -0.777. The maximum atomic E-state index is 13.4. The Balaban J connectivity index is 1.79. The van der Waals surface area contributed by atoms with Gasteiger partial charge in [-0.15, -0.1) is 0 Å². The number of nitrogens with zero attached hydrogens (tertiary/aromatic N) is 4. The number of nitrogens with one attached hydrogen (secondary N) is 1. The summed E-state index contributed by atoms with van der Waals surface area (Å²) < 4.78 is 9.47. The number of anilines is 1. The Hall–Kier alpha value is -2.28. The van der Waals surface area contributed by atoms with Gasteiger partial charge in [0.25, 0.3) is 11.8 Å². The van der Waals surface area contributed by atoms with Gasteiger partial charge < -0.3 is 26.4 Å². The summed E-state index contributed by atoms with van der Waals surface area (Å²) >= 11 is 0.813. The molecule has 2 aliphatic heterocycles. The average molecular weight is 440 g/mol. The van der Waals surface area contributed by atoms with E-state index in [1.54, 1.807) is 6.92 Å². The highest BCUT2D eigenvalue weighted by Gasteiger charge is 2.36. The number of nitrogens with two attached hydrogens (primary N) is 2. The van der Waals surface area contributed by atoms with Crippen molar-refractivity contribution in [1.29, 1.82) is 0 Å². The largest absolute Gasteiger partial charge is 0.395 e. The number of rotatable bonds is 7. The number of likely N-dealkylation sites (N-methyl/N-ethyl adjacent to an activating group) is 1. The van der Waals surface area contributed by atoms with Gasteiger partial charge in [-0.2, -0.15) is 4.37 Å². The van der Waals surface area contributed by atoms with Crippen LogP contribution in [0.1, 0.15) is 39.9 Å². The van der Waals surface area contributed by atoms with Crippen molar-refractivity contribution < 1.29 is 19.1 Å². The highest BCUT2D eigenvalue weighted by Crippen LogP contribution is 2.25. The Morgan fingerprint density at radius 3 is 2.60 bits per heavy atom. The van der Waals surface area contributed by atoms with E-state index in [4.69, 9.17) is 16.2 Å². The van der Waals surface area contributed by atoms with Gasteiger partial charge >= 0.3 is 0 Å². The van der Waals surface area contributed by atoms with Crippen LogP contribution < -0.4 is 16.8 Å². The first-order chi connectivity index (χ1) is 14.3. The summed E-state index contributed by atoms with van der Waals surface area (Å²) in [5.41, 5.74) is 11.1. The molecule has 11 nitrogen and oxygen atoms in total. The van der Waals surface area contributed by atoms with Gasteiger partial charge in [0.1, 0.15) is 10.9 Å². The standard InChI is InChI=1S/C18H29N7O4S/c1-11(17(27)21-10-12-4-3-9-29-12)25(24-7-5-23(2)6-8-24)18(28)15-13(19)14(16(20)26)22-30-15/h11-12H,3-10,19H2,1-2H3,(H2,20,26)(H,21,27)/t11-,12+/m1/s1. The van der Waals surface area contributed by atoms with Crippen LogP contribution in [0.25, 0.3) is 0 Å². The molecule has 0 aliphatic carbocycles. The number of hydrogen-bond donors (Lipinski definition) is 3. The Morgan fingerprint density at radius 2 is 2.03 bits per heavy atom. The fraction of sp³-hybridized carbons (Fsp3) is 0.667. The van der Waals surface area contributed by atoms with E-state index in [1.165, 1.54) is 5.01 Å². The van der Waals surface area contributed by atoms with E-state index in [0.717, 1.165) is 37.5 Å². The molecule has 2 saturated heterocycles. The van der Waals surface area contributed by atoms with Crippen LogP contribution in [-0.4, -0.2) is 95.5 Å². The topological polar surface area (TPSA) is 147 Å². The minimum atomic E-state index is -0.795. The van der Waals surface area contributed by atoms with Crippen molar-refractivity contribution in [3.05, 3.63) is 10.6 Å². The first-order valence-corrected chi connectivity index (χ1v) is 10.8. The zero-order valence-corrected chi connectivity index (χ0v) is 18.1. The van der Waals surface area contributed by atoms with Gasteiger partial charge in [0.2, 0.25) is 5.91 Å². The SMILES string of the molecule is C[C@H](C(=O)NC[C@@H]1CCCO1)N(C(=O)c1snc(C(N)=O)c1N)N1CCN(C)CC1. The van der Waals surface area contributed by atoms with E-state index in [-0.39, 0.29) is 28.3 Å². The molecular formula is C18H29N7O4S. The summed E-state index contributed by atoms with van der Waals surface area (Å²) in [6.07, 6.45) is 1.89. The lowest BCUT2D eigenvalue weighted by atomic mass is 10.2. The molecule has 2 fully saturated rings. The van der Waals surface area contributed by atoms with Crippen molar-refractivity contribution in [2.75, 3.05) is 52.1 Å². The third-order valence-electron chi connectivity index (χ3n) is 5.42. The molecule has 0 spiro atoms. The number of nitrogen functional groups attached to an aromatic ring is 1. The summed E-state index contributed by atoms with van der Waals surface area (Å²) in [4.78, 5) is 40.0. The van der Waals surface area contributed by atoms with Crippen LogP contribution in [0.5, 0.6) is 0 Å². The summed E-state index contributed by atoms with van der Waals surface area (Å²) in [5.74, 6) is -1.55. The fourth-order valence-electron chi connectivity index (χ4n) is 3.57. The lowest BCUT2D eigenvalue weighted by Gasteiger charge is -2.42. The second-order valence-corrected chi connectivity index (χ2v) is 8.37. The Bertz CT molecular complexity index is 787. The van der Waals surface area contributed by atoms with E-state index in [2.05, 4.69) is 14.6 Å². The fourth-order valence-corrected chi connectivity index (χ4v) is 4.31. The molecule has 30 heavy (non-hydrogen) atoms. The zero-order valence-electron chi connectivity index (χ0n) is 17.3. The lowest BCUT2D eigenvalue weighted by Crippen LogP contribution is -2.60. The predicted octanol–water partition coefficient (Wildman–Crippen LogP) is -0.887. The third kappa shape index (κ3) is 4.89. The number of hydrogen-bond acceptors (Lipinski definition) is 9. The van der Waals surface area contributed by atoms with Crippen molar-refractivity contribution >= 4 is 34.9 Å². The van der Waals surface area contributed by atoms with Crippen molar-refractivity contribution in [3.63, 3.8) is 0 Å². The van der Waals surface area contributed by atoms with E-state index >= 15 is 0 Å². The second kappa shape index (κ2) is 9.69. The van der Waals surface area contributed by atoms with Crippen LogP contribution in [0.2, 0.25) is 0 Å². The molecule has 3 amide bonds. The van der Waals surface area contributed by atoms with Gasteiger partial charge in [-0.3, -0.25) is 19.4 Å². The number of ether oxygens (including phenoxy) is 1. The second-order valence-electron chi connectivity index (χ2n) is 7.60. The van der Waals surface area contributed by atoms with Crippen molar-refractivity contribution in [2.24, 2.45) is 5.73 Å². The van der Waals surface area contributed by atoms with Gasteiger partial charge in [0.05, 0.1) is 11.8 Å². The molecule has 2 atom stereocenters. The number of carbonyl (C=O) groups is 3. The van der Waals surface area contributed by atoms with Crippen LogP contribution in [0.15, 0.2) is 0 Å². The van der Waals surface area contributed by atoms with E-state index in [1.807, 2.05) is 12.1 Å². The molecule has 3 heterocycles. The molecule has 166 valence electrons. The van der Waals surface area contributed by atoms with Gasteiger partial charge in [-0.1, -0.05) is 0 Å². The smallest absolute Gasteiger partial charge is 0.282 e. The molecule has 3 rings (SSSR count). The molecule has 1 aromatic rings. The van der Waals surface area contributed by atoms with Crippen LogP contribution >= 0.6 is 11.5 Å². The van der Waals surface area contributed by atoms with Crippen molar-refractivity contribution in [3.8, 4) is 0 Å². The third-order valence-corrected chi connectivity index (χ3v) is 6.27. The number of primary amides is 1. The number of amides is 3. The molecule has 5 N–H and O–H groups in total. The lowest BCUT2D eigenvalue weighted by molar-refractivity contribution is -0.133. The summed E-state index contributed by atoms with van der Waals surface area (Å²) in [5, 5.41) is 6.16. The molecule has 0 unspecified atom stereocenters. The molecule has 0 radical (unpaired) electrons. The summed E-state index contributed by atoms with van der Waals surface area (Å²) in [7, 11) is 2.00. The zero-order chi connectivity index (χ0) is 21.8. The first kappa shape index (κ1) is 22.4. The van der Waals surface area contributed by atoms with E-state index in [0.29, 0.717) is 26.2 Å². The van der Waals surface area contributed by atoms with Gasteiger partial charge in [0.15, 0.2) is 5.69 Å². The maximum Gasteiger partial charge on any atom is 0.282 e. The van der Waals surface area contributed by atoms with Gasteiger partial charge in [0, 0.05) is 39.3 Å². The number of carbonyl (C=O) groups excluding carboxylic acids is 3. The normalized spacial score (nSPS) is 21.3. The van der Waals surface area contributed by atoms with Gasteiger partial charge in [-0.25, -0.2) is 5.01 Å². The Labute approximate surface area is 179 Å². The molecule has 1 aromatic heterocycles.